The minimum atomic E-state index is -0.927. The maximum atomic E-state index is 12.3. The fraction of sp³-hybridized carbons (Fsp3) is 0.235. The average Bonchev–Trinajstić information content (AvgIpc) is 3.15. The number of benzene rings is 1. The number of hydrogen-bond donors (Lipinski definition) is 1. The Kier molecular flexibility index (Phi) is 5.35. The Morgan fingerprint density at radius 1 is 1.36 bits per heavy atom. The van der Waals surface area contributed by atoms with Gasteiger partial charge >= 0.3 is 5.97 Å². The number of hydrogen-bond acceptors (Lipinski definition) is 5. The van der Waals surface area contributed by atoms with E-state index in [-0.39, 0.29) is 16.8 Å². The summed E-state index contributed by atoms with van der Waals surface area (Å²) in [6.07, 6.45) is 1.46. The molecule has 0 unspecified atom stereocenters. The van der Waals surface area contributed by atoms with E-state index in [2.05, 4.69) is 10.3 Å². The van der Waals surface area contributed by atoms with Crippen molar-refractivity contribution in [3.8, 4) is 0 Å². The van der Waals surface area contributed by atoms with Crippen LogP contribution in [0.2, 0.25) is 5.15 Å². The van der Waals surface area contributed by atoms with Crippen LogP contribution >= 0.6 is 22.9 Å². The summed E-state index contributed by atoms with van der Waals surface area (Å²) in [6.45, 7) is 1.99. The first-order valence-corrected chi connectivity index (χ1v) is 8.95. The molecule has 1 N–H and O–H groups in total. The Labute approximate surface area is 153 Å². The Hall–Kier alpha value is -2.38. The van der Waals surface area contributed by atoms with Crippen molar-refractivity contribution in [3.63, 3.8) is 0 Å². The third-order valence-corrected chi connectivity index (χ3v) is 4.64. The molecular weight excluding hydrogens is 362 g/mol. The largest absolute Gasteiger partial charge is 0.448 e. The quantitative estimate of drug-likeness (QED) is 0.670. The summed E-state index contributed by atoms with van der Waals surface area (Å²) in [5.74, 6) is -1.03. The SMILES string of the molecule is C[C@@H](OC(=O)c1c(Cl)nc2sccn12)C(=O)NCCc1ccccc1. The smallest absolute Gasteiger partial charge is 0.359 e. The molecule has 25 heavy (non-hydrogen) atoms. The predicted octanol–water partition coefficient (Wildman–Crippen LogP) is 2.95. The van der Waals surface area contributed by atoms with Crippen molar-refractivity contribution < 1.29 is 14.3 Å². The Bertz CT molecular complexity index is 891. The third-order valence-electron chi connectivity index (χ3n) is 3.62. The van der Waals surface area contributed by atoms with Crippen LogP contribution < -0.4 is 5.32 Å². The van der Waals surface area contributed by atoms with Gasteiger partial charge in [0.1, 0.15) is 0 Å². The lowest BCUT2D eigenvalue weighted by Crippen LogP contribution is -2.37. The van der Waals surface area contributed by atoms with Gasteiger partial charge in [0.2, 0.25) is 0 Å². The van der Waals surface area contributed by atoms with Crippen molar-refractivity contribution >= 4 is 39.8 Å². The molecule has 2 heterocycles. The molecule has 0 saturated carbocycles. The summed E-state index contributed by atoms with van der Waals surface area (Å²) in [5, 5.41) is 4.61. The van der Waals surface area contributed by atoms with Gasteiger partial charge in [0, 0.05) is 18.1 Å². The van der Waals surface area contributed by atoms with Crippen LogP contribution in [-0.2, 0) is 16.0 Å². The van der Waals surface area contributed by atoms with Crippen LogP contribution in [0.4, 0.5) is 0 Å². The van der Waals surface area contributed by atoms with Gasteiger partial charge in [-0.3, -0.25) is 9.20 Å². The van der Waals surface area contributed by atoms with Gasteiger partial charge in [-0.2, -0.15) is 0 Å². The molecule has 0 radical (unpaired) electrons. The van der Waals surface area contributed by atoms with E-state index in [1.54, 1.807) is 16.0 Å². The van der Waals surface area contributed by atoms with E-state index in [9.17, 15) is 9.59 Å². The highest BCUT2D eigenvalue weighted by Gasteiger charge is 2.24. The normalized spacial score (nSPS) is 12.1. The summed E-state index contributed by atoms with van der Waals surface area (Å²) >= 11 is 7.35. The number of nitrogens with zero attached hydrogens (tertiary/aromatic N) is 2. The summed E-state index contributed by atoms with van der Waals surface area (Å²) in [6, 6.07) is 9.81. The topological polar surface area (TPSA) is 72.7 Å². The second kappa shape index (κ2) is 7.67. The molecule has 3 aromatic rings. The molecule has 0 fully saturated rings. The number of halogens is 1. The van der Waals surface area contributed by atoms with E-state index in [1.165, 1.54) is 18.3 Å². The van der Waals surface area contributed by atoms with Crippen molar-refractivity contribution in [3.05, 3.63) is 58.3 Å². The number of imidazole rings is 1. The van der Waals surface area contributed by atoms with E-state index >= 15 is 0 Å². The summed E-state index contributed by atoms with van der Waals surface area (Å²) in [7, 11) is 0. The molecule has 1 amide bonds. The summed E-state index contributed by atoms with van der Waals surface area (Å²) < 4.78 is 6.78. The van der Waals surface area contributed by atoms with Gasteiger partial charge in [-0.05, 0) is 18.9 Å². The zero-order chi connectivity index (χ0) is 17.8. The number of carbonyl (C=O) groups is 2. The van der Waals surface area contributed by atoms with Crippen molar-refractivity contribution in [2.45, 2.75) is 19.4 Å². The second-order valence-corrected chi connectivity index (χ2v) is 6.61. The van der Waals surface area contributed by atoms with Crippen LogP contribution in [0, 0.1) is 0 Å². The second-order valence-electron chi connectivity index (χ2n) is 5.38. The first kappa shape index (κ1) is 17.4. The zero-order valence-electron chi connectivity index (χ0n) is 13.4. The van der Waals surface area contributed by atoms with Crippen LogP contribution in [0.3, 0.4) is 0 Å². The van der Waals surface area contributed by atoms with E-state index in [0.29, 0.717) is 17.9 Å². The highest BCUT2D eigenvalue weighted by atomic mass is 35.5. The predicted molar refractivity (Wildman–Crippen MR) is 96.1 cm³/mol. The molecule has 0 aliphatic heterocycles. The van der Waals surface area contributed by atoms with Gasteiger partial charge in [-0.1, -0.05) is 41.9 Å². The van der Waals surface area contributed by atoms with Crippen LogP contribution in [0.15, 0.2) is 41.9 Å². The van der Waals surface area contributed by atoms with E-state index in [1.807, 2.05) is 30.3 Å². The highest BCUT2D eigenvalue weighted by molar-refractivity contribution is 7.15. The fourth-order valence-electron chi connectivity index (χ4n) is 2.33. The molecule has 130 valence electrons. The van der Waals surface area contributed by atoms with E-state index in [4.69, 9.17) is 16.3 Å². The van der Waals surface area contributed by atoms with Crippen molar-refractivity contribution in [1.29, 1.82) is 0 Å². The molecule has 0 bridgehead atoms. The Morgan fingerprint density at radius 2 is 2.12 bits per heavy atom. The molecule has 1 atom stereocenters. The fourth-order valence-corrected chi connectivity index (χ4v) is 3.34. The van der Waals surface area contributed by atoms with Crippen molar-refractivity contribution in [2.75, 3.05) is 6.54 Å². The number of rotatable bonds is 6. The number of fused-ring (bicyclic) bond motifs is 1. The van der Waals surface area contributed by atoms with Gasteiger partial charge < -0.3 is 10.1 Å². The third kappa shape index (κ3) is 4.00. The first-order valence-electron chi connectivity index (χ1n) is 7.70. The van der Waals surface area contributed by atoms with Crippen LogP contribution in [-0.4, -0.2) is 33.9 Å². The zero-order valence-corrected chi connectivity index (χ0v) is 15.0. The standard InChI is InChI=1S/C17H16ClN3O3S/c1-11(15(22)19-8-7-12-5-3-2-4-6-12)24-16(23)13-14(18)20-17-21(13)9-10-25-17/h2-6,9-11H,7-8H2,1H3,(H,19,22)/t11-/m1/s1. The lowest BCUT2D eigenvalue weighted by atomic mass is 10.1. The Balaban J connectivity index is 1.55. The lowest BCUT2D eigenvalue weighted by Gasteiger charge is -2.13. The highest BCUT2D eigenvalue weighted by Crippen LogP contribution is 2.22. The van der Waals surface area contributed by atoms with Gasteiger partial charge in [0.15, 0.2) is 21.9 Å². The molecule has 6 nitrogen and oxygen atoms in total. The van der Waals surface area contributed by atoms with Crippen molar-refractivity contribution in [2.24, 2.45) is 0 Å². The summed E-state index contributed by atoms with van der Waals surface area (Å²) in [4.78, 5) is 29.1. The molecule has 0 aliphatic carbocycles. The molecular formula is C17H16ClN3O3S. The molecule has 2 aromatic heterocycles. The van der Waals surface area contributed by atoms with Gasteiger partial charge in [0.25, 0.3) is 5.91 Å². The number of amides is 1. The average molecular weight is 378 g/mol. The number of nitrogens with one attached hydrogen (secondary N) is 1. The number of thiazole rings is 1. The number of carbonyl (C=O) groups excluding carboxylic acids is 2. The van der Waals surface area contributed by atoms with Crippen LogP contribution in [0.25, 0.3) is 4.96 Å². The van der Waals surface area contributed by atoms with Crippen LogP contribution in [0.1, 0.15) is 23.0 Å². The first-order chi connectivity index (χ1) is 12.1. The summed E-state index contributed by atoms with van der Waals surface area (Å²) in [5.41, 5.74) is 1.25. The monoisotopic (exact) mass is 377 g/mol. The molecule has 3 rings (SSSR count). The lowest BCUT2D eigenvalue weighted by molar-refractivity contribution is -0.129. The number of esters is 1. The van der Waals surface area contributed by atoms with Gasteiger partial charge in [-0.25, -0.2) is 9.78 Å². The van der Waals surface area contributed by atoms with Crippen molar-refractivity contribution in [1.82, 2.24) is 14.7 Å². The Morgan fingerprint density at radius 3 is 2.88 bits per heavy atom. The maximum Gasteiger partial charge on any atom is 0.359 e. The van der Waals surface area contributed by atoms with Gasteiger partial charge in [0.05, 0.1) is 0 Å². The molecule has 0 saturated heterocycles. The number of ether oxygens (including phenoxy) is 1. The van der Waals surface area contributed by atoms with Gasteiger partial charge in [-0.15, -0.1) is 11.3 Å². The molecule has 8 heteroatoms. The van der Waals surface area contributed by atoms with E-state index in [0.717, 1.165) is 5.56 Å². The van der Waals surface area contributed by atoms with Crippen LogP contribution in [0.5, 0.6) is 0 Å². The molecule has 0 spiro atoms. The number of aromatic nitrogens is 2. The minimum Gasteiger partial charge on any atom is -0.448 e. The molecule has 1 aromatic carbocycles. The maximum absolute atomic E-state index is 12.3. The molecule has 0 aliphatic rings. The van der Waals surface area contributed by atoms with E-state index < -0.39 is 12.1 Å². The minimum absolute atomic E-state index is 0.0635.